The molecule has 5 aromatic rings. The Morgan fingerprint density at radius 1 is 0.737 bits per heavy atom. The standard InChI is InChI=1S/C38H36ClF5N4O6S3/c1-23(2)48-24(3)37(55(4,49)50)35(36(48)25-5-7-27(39)8-6-25)26-19-28(40)21-31(20-26)47-17-15-46(16-18-47)30-11-9-29(10-12-30)45-57(53,54)32-13-14-33(41)34(22-32)56(51,52)38(42,43)44/h5-14,19-23,45H,15-18H2,1-4H3. The molecule has 0 radical (unpaired) electrons. The second-order valence-electron chi connectivity index (χ2n) is 13.7. The van der Waals surface area contributed by atoms with Crippen LogP contribution in [0.2, 0.25) is 5.02 Å². The lowest BCUT2D eigenvalue weighted by molar-refractivity contribution is -0.0438. The molecule has 4 aromatic carbocycles. The van der Waals surface area contributed by atoms with Gasteiger partial charge >= 0.3 is 5.51 Å². The molecule has 0 spiro atoms. The zero-order chi connectivity index (χ0) is 41.8. The quantitative estimate of drug-likeness (QED) is 0.139. The molecule has 10 nitrogen and oxygen atoms in total. The van der Waals surface area contributed by atoms with E-state index in [1.807, 2.05) is 28.2 Å². The summed E-state index contributed by atoms with van der Waals surface area (Å²) in [4.78, 5) is 1.36. The lowest BCUT2D eigenvalue weighted by atomic mass is 9.99. The molecule has 2 heterocycles. The van der Waals surface area contributed by atoms with E-state index >= 15 is 4.39 Å². The van der Waals surface area contributed by atoms with Crippen LogP contribution in [0.3, 0.4) is 0 Å². The number of hydrogen-bond donors (Lipinski definition) is 1. The molecule has 0 saturated carbocycles. The van der Waals surface area contributed by atoms with Gasteiger partial charge in [-0.15, -0.1) is 0 Å². The molecule has 1 aromatic heterocycles. The summed E-state index contributed by atoms with van der Waals surface area (Å²) in [5.74, 6) is -2.31. The van der Waals surface area contributed by atoms with Crippen LogP contribution < -0.4 is 14.5 Å². The molecule has 304 valence electrons. The van der Waals surface area contributed by atoms with Gasteiger partial charge in [0.05, 0.1) is 15.5 Å². The molecule has 1 aliphatic rings. The van der Waals surface area contributed by atoms with Crippen LogP contribution in [0.1, 0.15) is 25.6 Å². The Morgan fingerprint density at radius 3 is 1.86 bits per heavy atom. The number of alkyl halides is 3. The number of anilines is 3. The van der Waals surface area contributed by atoms with Crippen LogP contribution in [-0.4, -0.2) is 67.8 Å². The zero-order valence-electron chi connectivity index (χ0n) is 30.8. The number of halogens is 6. The number of nitrogens with zero attached hydrogens (tertiary/aromatic N) is 3. The van der Waals surface area contributed by atoms with Crippen LogP contribution in [0.15, 0.2) is 99.6 Å². The third-order valence-corrected chi connectivity index (χ3v) is 13.9. The van der Waals surface area contributed by atoms with E-state index in [2.05, 4.69) is 4.72 Å². The van der Waals surface area contributed by atoms with Crippen molar-refractivity contribution in [2.75, 3.05) is 47.0 Å². The van der Waals surface area contributed by atoms with Gasteiger partial charge in [-0.2, -0.15) is 13.2 Å². The average molecular weight is 871 g/mol. The molecule has 0 bridgehead atoms. The van der Waals surface area contributed by atoms with Gasteiger partial charge in [-0.3, -0.25) is 4.72 Å². The third-order valence-electron chi connectivity index (χ3n) is 9.51. The van der Waals surface area contributed by atoms with Crippen LogP contribution in [-0.2, 0) is 29.7 Å². The molecule has 1 fully saturated rings. The average Bonchev–Trinajstić information content (AvgIpc) is 3.45. The number of nitrogens with one attached hydrogen (secondary N) is 1. The Bertz CT molecular complexity index is 2680. The summed E-state index contributed by atoms with van der Waals surface area (Å²) in [6.07, 6.45) is 1.13. The summed E-state index contributed by atoms with van der Waals surface area (Å²) in [6, 6.07) is 18.4. The highest BCUT2D eigenvalue weighted by atomic mass is 35.5. The summed E-state index contributed by atoms with van der Waals surface area (Å²) < 4.78 is 149. The molecule has 0 atom stereocenters. The zero-order valence-corrected chi connectivity index (χ0v) is 34.0. The molecule has 1 aliphatic heterocycles. The maximum atomic E-state index is 15.5. The smallest absolute Gasteiger partial charge is 0.368 e. The van der Waals surface area contributed by atoms with Gasteiger partial charge in [0.2, 0.25) is 0 Å². The van der Waals surface area contributed by atoms with Crippen molar-refractivity contribution in [3.8, 4) is 22.4 Å². The molecule has 1 saturated heterocycles. The van der Waals surface area contributed by atoms with Crippen LogP contribution in [0, 0.1) is 18.6 Å². The van der Waals surface area contributed by atoms with Gasteiger partial charge in [-0.1, -0.05) is 23.7 Å². The normalized spacial score (nSPS) is 14.4. The van der Waals surface area contributed by atoms with Crippen LogP contribution >= 0.6 is 11.6 Å². The topological polar surface area (TPSA) is 126 Å². The molecule has 0 amide bonds. The molecule has 57 heavy (non-hydrogen) atoms. The van der Waals surface area contributed by atoms with Crippen LogP contribution in [0.25, 0.3) is 22.4 Å². The highest BCUT2D eigenvalue weighted by Crippen LogP contribution is 2.45. The van der Waals surface area contributed by atoms with Crippen molar-refractivity contribution < 1.29 is 47.2 Å². The van der Waals surface area contributed by atoms with E-state index in [1.54, 1.807) is 49.4 Å². The number of hydrogen-bond acceptors (Lipinski definition) is 8. The Balaban J connectivity index is 1.23. The SMILES string of the molecule is Cc1c(S(C)(=O)=O)c(-c2cc(F)cc(N3CCN(c4ccc(NS(=O)(=O)c5ccc(F)c(S(=O)(=O)C(F)(F)F)c5)cc4)CC3)c2)c(-c2ccc(Cl)cc2)n1C(C)C. The maximum absolute atomic E-state index is 15.5. The van der Waals surface area contributed by atoms with E-state index in [0.717, 1.165) is 6.26 Å². The van der Waals surface area contributed by atoms with Gasteiger partial charge in [0.15, 0.2) is 9.84 Å². The monoisotopic (exact) mass is 870 g/mol. The molecule has 0 aliphatic carbocycles. The van der Waals surface area contributed by atoms with E-state index < -0.39 is 56.6 Å². The summed E-state index contributed by atoms with van der Waals surface area (Å²) in [5.41, 5.74) is -2.01. The Morgan fingerprint density at radius 2 is 1.32 bits per heavy atom. The largest absolute Gasteiger partial charge is 0.502 e. The Hall–Kier alpha value is -4.65. The van der Waals surface area contributed by atoms with Gasteiger partial charge in [0.25, 0.3) is 19.9 Å². The van der Waals surface area contributed by atoms with E-state index in [1.165, 1.54) is 24.3 Å². The molecule has 1 N–H and O–H groups in total. The maximum Gasteiger partial charge on any atom is 0.502 e. The first-order valence-corrected chi connectivity index (χ1v) is 22.5. The van der Waals surface area contributed by atoms with Crippen LogP contribution in [0.5, 0.6) is 0 Å². The summed E-state index contributed by atoms with van der Waals surface area (Å²) in [5, 5.41) is 0.503. The number of benzene rings is 4. The predicted molar refractivity (Wildman–Crippen MR) is 210 cm³/mol. The van der Waals surface area contributed by atoms with Crippen LogP contribution in [0.4, 0.5) is 39.0 Å². The second-order valence-corrected chi connectivity index (χ2v) is 19.7. The van der Waals surface area contributed by atoms with Crippen molar-refractivity contribution in [3.05, 3.63) is 107 Å². The Labute approximate surface area is 332 Å². The lowest BCUT2D eigenvalue weighted by Gasteiger charge is -2.37. The highest BCUT2D eigenvalue weighted by molar-refractivity contribution is 7.93. The van der Waals surface area contributed by atoms with Gasteiger partial charge in [0.1, 0.15) is 16.5 Å². The van der Waals surface area contributed by atoms with Crippen molar-refractivity contribution in [1.82, 2.24) is 4.57 Å². The number of sulfonamides is 1. The van der Waals surface area contributed by atoms with E-state index in [0.29, 0.717) is 82.8 Å². The van der Waals surface area contributed by atoms with E-state index in [-0.39, 0.29) is 22.7 Å². The first kappa shape index (κ1) is 42.0. The fourth-order valence-electron chi connectivity index (χ4n) is 7.00. The van der Waals surface area contributed by atoms with Gasteiger partial charge < -0.3 is 14.4 Å². The molecule has 19 heteroatoms. The molecule has 0 unspecified atom stereocenters. The highest BCUT2D eigenvalue weighted by Gasteiger charge is 2.48. The van der Waals surface area contributed by atoms with E-state index in [9.17, 15) is 42.8 Å². The number of rotatable bonds is 10. The minimum Gasteiger partial charge on any atom is -0.368 e. The summed E-state index contributed by atoms with van der Waals surface area (Å²) in [7, 11) is -14.6. The Kier molecular flexibility index (Phi) is 11.2. The van der Waals surface area contributed by atoms with Crippen molar-refractivity contribution >= 4 is 58.4 Å². The minimum atomic E-state index is -6.17. The molecule has 6 rings (SSSR count). The fraction of sp³-hybridized carbons (Fsp3) is 0.263. The number of piperazine rings is 1. The van der Waals surface area contributed by atoms with Crippen molar-refractivity contribution in [1.29, 1.82) is 0 Å². The first-order chi connectivity index (χ1) is 26.5. The first-order valence-electron chi connectivity index (χ1n) is 17.2. The predicted octanol–water partition coefficient (Wildman–Crippen LogP) is 8.47. The van der Waals surface area contributed by atoms with Crippen molar-refractivity contribution in [2.45, 2.75) is 47.0 Å². The van der Waals surface area contributed by atoms with Gasteiger partial charge in [-0.05, 0) is 105 Å². The lowest BCUT2D eigenvalue weighted by Crippen LogP contribution is -2.46. The summed E-state index contributed by atoms with van der Waals surface area (Å²) in [6.45, 7) is 7.38. The fourth-order valence-corrected chi connectivity index (χ4v) is 10.4. The molecular weight excluding hydrogens is 835 g/mol. The molecular formula is C38H36ClF5N4O6S3. The number of aromatic nitrogens is 1. The third kappa shape index (κ3) is 8.35. The van der Waals surface area contributed by atoms with E-state index in [4.69, 9.17) is 11.6 Å². The number of sulfone groups is 2. The van der Waals surface area contributed by atoms with Gasteiger partial charge in [-0.25, -0.2) is 34.0 Å². The second kappa shape index (κ2) is 15.3. The van der Waals surface area contributed by atoms with Gasteiger partial charge in [0, 0.05) is 71.8 Å². The minimum absolute atomic E-state index is 0.00204. The van der Waals surface area contributed by atoms with Crippen molar-refractivity contribution in [3.63, 3.8) is 0 Å². The van der Waals surface area contributed by atoms with Crippen molar-refractivity contribution in [2.24, 2.45) is 0 Å². The summed E-state index contributed by atoms with van der Waals surface area (Å²) >= 11 is 6.19.